The number of hydrogen-bond acceptors (Lipinski definition) is 6. The second kappa shape index (κ2) is 6.13. The Labute approximate surface area is 136 Å². The SMILES string of the molecule is CC(O)c1onc(-c2cccs2)c1C(=O)N1CCCC1C(N)=O. The molecule has 0 aliphatic carbocycles. The fourth-order valence-corrected chi connectivity index (χ4v) is 3.54. The first-order valence-electron chi connectivity index (χ1n) is 7.32. The van der Waals surface area contributed by atoms with Gasteiger partial charge in [-0.1, -0.05) is 11.2 Å². The molecule has 0 bridgehead atoms. The fourth-order valence-electron chi connectivity index (χ4n) is 2.83. The Hall–Kier alpha value is -2.19. The number of aliphatic hydroxyl groups excluding tert-OH is 1. The molecule has 0 saturated carbocycles. The highest BCUT2D eigenvalue weighted by molar-refractivity contribution is 7.13. The normalized spacial score (nSPS) is 19.0. The summed E-state index contributed by atoms with van der Waals surface area (Å²) < 4.78 is 5.20. The Kier molecular flexibility index (Phi) is 4.18. The first kappa shape index (κ1) is 15.7. The molecule has 3 heterocycles. The average molecular weight is 335 g/mol. The van der Waals surface area contributed by atoms with E-state index < -0.39 is 18.1 Å². The van der Waals surface area contributed by atoms with Crippen molar-refractivity contribution in [1.29, 1.82) is 0 Å². The van der Waals surface area contributed by atoms with E-state index in [1.165, 1.54) is 23.2 Å². The van der Waals surface area contributed by atoms with E-state index in [-0.39, 0.29) is 17.2 Å². The monoisotopic (exact) mass is 335 g/mol. The summed E-state index contributed by atoms with van der Waals surface area (Å²) in [6.45, 7) is 1.95. The summed E-state index contributed by atoms with van der Waals surface area (Å²) in [4.78, 5) is 26.7. The minimum Gasteiger partial charge on any atom is -0.385 e. The molecule has 7 nitrogen and oxygen atoms in total. The first-order valence-corrected chi connectivity index (χ1v) is 8.20. The number of aliphatic hydroxyl groups is 1. The Morgan fingerprint density at radius 3 is 2.96 bits per heavy atom. The number of likely N-dealkylation sites (tertiary alicyclic amines) is 1. The van der Waals surface area contributed by atoms with Gasteiger partial charge in [-0.25, -0.2) is 0 Å². The lowest BCUT2D eigenvalue weighted by atomic mass is 10.1. The zero-order valence-corrected chi connectivity index (χ0v) is 13.4. The molecule has 1 aliphatic rings. The van der Waals surface area contributed by atoms with Crippen molar-refractivity contribution in [2.45, 2.75) is 31.9 Å². The van der Waals surface area contributed by atoms with Crippen LogP contribution in [0.5, 0.6) is 0 Å². The third kappa shape index (κ3) is 2.75. The number of carbonyl (C=O) groups excluding carboxylic acids is 2. The summed E-state index contributed by atoms with van der Waals surface area (Å²) in [5.74, 6) is -0.802. The molecule has 3 rings (SSSR count). The smallest absolute Gasteiger partial charge is 0.260 e. The van der Waals surface area contributed by atoms with Crippen LogP contribution in [0.15, 0.2) is 22.0 Å². The molecule has 2 atom stereocenters. The Morgan fingerprint density at radius 2 is 2.35 bits per heavy atom. The number of hydrogen-bond donors (Lipinski definition) is 2. The second-order valence-corrected chi connectivity index (χ2v) is 6.43. The third-order valence-corrected chi connectivity index (χ3v) is 4.79. The van der Waals surface area contributed by atoms with Crippen molar-refractivity contribution < 1.29 is 19.2 Å². The predicted octanol–water partition coefficient (Wildman–Crippen LogP) is 1.55. The van der Waals surface area contributed by atoms with Gasteiger partial charge in [0.05, 0.1) is 4.88 Å². The van der Waals surface area contributed by atoms with Gasteiger partial charge < -0.3 is 20.3 Å². The lowest BCUT2D eigenvalue weighted by Crippen LogP contribution is -2.44. The number of amides is 2. The number of nitrogens with zero attached hydrogens (tertiary/aromatic N) is 2. The highest BCUT2D eigenvalue weighted by Crippen LogP contribution is 2.34. The van der Waals surface area contributed by atoms with Gasteiger partial charge >= 0.3 is 0 Å². The van der Waals surface area contributed by atoms with E-state index in [0.29, 0.717) is 25.1 Å². The second-order valence-electron chi connectivity index (χ2n) is 5.48. The largest absolute Gasteiger partial charge is 0.385 e. The number of carbonyl (C=O) groups is 2. The minimum atomic E-state index is -0.982. The molecule has 2 unspecified atom stereocenters. The maximum absolute atomic E-state index is 13.0. The summed E-state index contributed by atoms with van der Waals surface area (Å²) >= 11 is 1.42. The van der Waals surface area contributed by atoms with Crippen molar-refractivity contribution in [2.75, 3.05) is 6.54 Å². The molecule has 1 aliphatic heterocycles. The topological polar surface area (TPSA) is 110 Å². The van der Waals surface area contributed by atoms with Crippen LogP contribution in [0.2, 0.25) is 0 Å². The van der Waals surface area contributed by atoms with Gasteiger partial charge in [-0.05, 0) is 31.2 Å². The fraction of sp³-hybridized carbons (Fsp3) is 0.400. The summed E-state index contributed by atoms with van der Waals surface area (Å²) in [6, 6.07) is 3.03. The van der Waals surface area contributed by atoms with Gasteiger partial charge in [0.2, 0.25) is 5.91 Å². The molecule has 3 N–H and O–H groups in total. The van der Waals surface area contributed by atoms with E-state index in [9.17, 15) is 14.7 Å². The van der Waals surface area contributed by atoms with Crippen LogP contribution in [-0.2, 0) is 4.79 Å². The molecule has 0 spiro atoms. The van der Waals surface area contributed by atoms with E-state index in [0.717, 1.165) is 4.88 Å². The predicted molar refractivity (Wildman–Crippen MR) is 83.7 cm³/mol. The third-order valence-electron chi connectivity index (χ3n) is 3.91. The number of primary amides is 1. The molecule has 23 heavy (non-hydrogen) atoms. The zero-order valence-electron chi connectivity index (χ0n) is 12.6. The van der Waals surface area contributed by atoms with E-state index in [1.807, 2.05) is 17.5 Å². The molecule has 2 aromatic rings. The molecular formula is C15H17N3O4S. The van der Waals surface area contributed by atoms with Crippen LogP contribution in [0.1, 0.15) is 42.0 Å². The Morgan fingerprint density at radius 1 is 1.57 bits per heavy atom. The lowest BCUT2D eigenvalue weighted by Gasteiger charge is -2.22. The van der Waals surface area contributed by atoms with Crippen molar-refractivity contribution in [3.8, 4) is 10.6 Å². The van der Waals surface area contributed by atoms with Crippen LogP contribution in [-0.4, -0.2) is 39.6 Å². The lowest BCUT2D eigenvalue weighted by molar-refractivity contribution is -0.121. The van der Waals surface area contributed by atoms with Gasteiger partial charge in [0.1, 0.15) is 23.4 Å². The molecule has 0 aromatic carbocycles. The number of thiophene rings is 1. The molecule has 2 aromatic heterocycles. The zero-order chi connectivity index (χ0) is 16.6. The molecule has 1 fully saturated rings. The molecule has 0 radical (unpaired) electrons. The maximum Gasteiger partial charge on any atom is 0.260 e. The Balaban J connectivity index is 2.05. The van der Waals surface area contributed by atoms with Crippen LogP contribution in [0.3, 0.4) is 0 Å². The van der Waals surface area contributed by atoms with Crippen molar-refractivity contribution in [3.05, 3.63) is 28.8 Å². The molecule has 1 saturated heterocycles. The summed E-state index contributed by atoms with van der Waals surface area (Å²) in [5.41, 5.74) is 5.98. The van der Waals surface area contributed by atoms with E-state index in [4.69, 9.17) is 10.3 Å². The van der Waals surface area contributed by atoms with Gasteiger partial charge in [0.15, 0.2) is 5.76 Å². The standard InChI is InChI=1S/C15H17N3O4S/c1-8(19)13-11(12(17-22-13)10-5-3-7-23-10)15(21)18-6-2-4-9(18)14(16)20/h3,5,7-9,19H,2,4,6H2,1H3,(H2,16,20). The van der Waals surface area contributed by atoms with Crippen molar-refractivity contribution >= 4 is 23.2 Å². The van der Waals surface area contributed by atoms with Crippen molar-refractivity contribution in [2.24, 2.45) is 5.73 Å². The summed E-state index contributed by atoms with van der Waals surface area (Å²) in [6.07, 6.45) is 0.276. The minimum absolute atomic E-state index is 0.105. The molecule has 122 valence electrons. The number of rotatable bonds is 4. The van der Waals surface area contributed by atoms with Crippen molar-refractivity contribution in [1.82, 2.24) is 10.1 Å². The highest BCUT2D eigenvalue weighted by Gasteiger charge is 2.37. The molecular weight excluding hydrogens is 318 g/mol. The van der Waals surface area contributed by atoms with Crippen LogP contribution in [0.25, 0.3) is 10.6 Å². The van der Waals surface area contributed by atoms with Crippen molar-refractivity contribution in [3.63, 3.8) is 0 Å². The van der Waals surface area contributed by atoms with Gasteiger partial charge in [-0.15, -0.1) is 11.3 Å². The molecule has 2 amide bonds. The van der Waals surface area contributed by atoms with Gasteiger partial charge in [0.25, 0.3) is 5.91 Å². The molecule has 8 heteroatoms. The number of aromatic nitrogens is 1. The maximum atomic E-state index is 13.0. The number of nitrogens with two attached hydrogens (primary N) is 1. The van der Waals surface area contributed by atoms with Gasteiger partial charge in [-0.3, -0.25) is 9.59 Å². The van der Waals surface area contributed by atoms with Crippen LogP contribution in [0, 0.1) is 0 Å². The van der Waals surface area contributed by atoms with E-state index in [1.54, 1.807) is 0 Å². The van der Waals surface area contributed by atoms with Gasteiger partial charge in [-0.2, -0.15) is 0 Å². The summed E-state index contributed by atoms with van der Waals surface area (Å²) in [5, 5.41) is 15.7. The summed E-state index contributed by atoms with van der Waals surface area (Å²) in [7, 11) is 0. The highest BCUT2D eigenvalue weighted by atomic mass is 32.1. The van der Waals surface area contributed by atoms with E-state index in [2.05, 4.69) is 5.16 Å². The Bertz CT molecular complexity index is 723. The van der Waals surface area contributed by atoms with Crippen LogP contribution >= 0.6 is 11.3 Å². The first-order chi connectivity index (χ1) is 11.0. The van der Waals surface area contributed by atoms with E-state index >= 15 is 0 Å². The average Bonchev–Trinajstić information content (AvgIpc) is 3.24. The van der Waals surface area contributed by atoms with Crippen LogP contribution in [0.4, 0.5) is 0 Å². The quantitative estimate of drug-likeness (QED) is 0.881. The van der Waals surface area contributed by atoms with Crippen LogP contribution < -0.4 is 5.73 Å². The van der Waals surface area contributed by atoms with Gasteiger partial charge in [0, 0.05) is 6.54 Å².